The summed E-state index contributed by atoms with van der Waals surface area (Å²) in [6.07, 6.45) is 5.10. The molecule has 0 spiro atoms. The van der Waals surface area contributed by atoms with Gasteiger partial charge in [0.25, 0.3) is 0 Å². The number of Topliss-reactive ketones (excluding diaryl/α,β-unsaturated/α-hetero) is 1. The standard InChI is InChI=1S/C20H29N3O2/c1-15(24)18-12-17(20(18,2)3)13-19(25)23-10-8-22(9-11-23)14-16-4-6-21-7-5-16/h4-7,17-18H,8-14H2,1-3H3/t17-,18+/m1/s1. The number of carbonyl (C=O) groups excluding carboxylic acids is 2. The summed E-state index contributed by atoms with van der Waals surface area (Å²) in [5, 5.41) is 0. The first kappa shape index (κ1) is 18.1. The van der Waals surface area contributed by atoms with Gasteiger partial charge in [-0.1, -0.05) is 13.8 Å². The molecule has 0 N–H and O–H groups in total. The van der Waals surface area contributed by atoms with Gasteiger partial charge in [-0.3, -0.25) is 19.5 Å². The van der Waals surface area contributed by atoms with Crippen LogP contribution < -0.4 is 0 Å². The SMILES string of the molecule is CC(=O)[C@@H]1C[C@H](CC(=O)N2CCN(Cc3ccncc3)CC2)C1(C)C. The molecule has 5 nitrogen and oxygen atoms in total. The topological polar surface area (TPSA) is 53.5 Å². The predicted molar refractivity (Wildman–Crippen MR) is 96.8 cm³/mol. The summed E-state index contributed by atoms with van der Waals surface area (Å²) < 4.78 is 0. The molecule has 1 saturated heterocycles. The zero-order chi connectivity index (χ0) is 18.0. The van der Waals surface area contributed by atoms with E-state index in [0.29, 0.717) is 12.3 Å². The molecule has 136 valence electrons. The first-order chi connectivity index (χ1) is 11.9. The van der Waals surface area contributed by atoms with E-state index in [-0.39, 0.29) is 23.0 Å². The second-order valence-electron chi connectivity index (χ2n) is 8.13. The molecular weight excluding hydrogens is 314 g/mol. The lowest BCUT2D eigenvalue weighted by molar-refractivity contribution is -0.146. The van der Waals surface area contributed by atoms with Crippen LogP contribution in [0.25, 0.3) is 0 Å². The number of piperazine rings is 1. The van der Waals surface area contributed by atoms with Crippen molar-refractivity contribution in [2.45, 2.75) is 40.2 Å². The number of aromatic nitrogens is 1. The summed E-state index contributed by atoms with van der Waals surface area (Å²) in [4.78, 5) is 32.7. The minimum Gasteiger partial charge on any atom is -0.340 e. The van der Waals surface area contributed by atoms with Crippen LogP contribution in [0, 0.1) is 17.3 Å². The van der Waals surface area contributed by atoms with E-state index in [2.05, 4.69) is 23.7 Å². The van der Waals surface area contributed by atoms with Crippen LogP contribution >= 0.6 is 0 Å². The van der Waals surface area contributed by atoms with E-state index in [9.17, 15) is 9.59 Å². The highest BCUT2D eigenvalue weighted by molar-refractivity contribution is 5.81. The zero-order valence-electron chi connectivity index (χ0n) is 15.6. The fourth-order valence-electron chi connectivity index (χ4n) is 4.29. The third-order valence-electron chi connectivity index (χ3n) is 6.26. The van der Waals surface area contributed by atoms with Crippen LogP contribution in [0.1, 0.15) is 39.2 Å². The van der Waals surface area contributed by atoms with Crippen molar-refractivity contribution >= 4 is 11.7 Å². The molecule has 0 unspecified atom stereocenters. The van der Waals surface area contributed by atoms with Crippen molar-refractivity contribution in [1.82, 2.24) is 14.8 Å². The second-order valence-corrected chi connectivity index (χ2v) is 8.13. The third kappa shape index (κ3) is 3.92. The first-order valence-electron chi connectivity index (χ1n) is 9.27. The highest BCUT2D eigenvalue weighted by Crippen LogP contribution is 2.53. The molecule has 1 aliphatic carbocycles. The summed E-state index contributed by atoms with van der Waals surface area (Å²) in [7, 11) is 0. The maximum absolute atomic E-state index is 12.6. The number of nitrogens with zero attached hydrogens (tertiary/aromatic N) is 3. The fourth-order valence-corrected chi connectivity index (χ4v) is 4.29. The average Bonchev–Trinajstić information content (AvgIpc) is 2.59. The molecule has 1 aliphatic heterocycles. The van der Waals surface area contributed by atoms with Gasteiger partial charge in [0, 0.05) is 57.5 Å². The number of hydrogen-bond acceptors (Lipinski definition) is 4. The van der Waals surface area contributed by atoms with Gasteiger partial charge in [0.05, 0.1) is 0 Å². The zero-order valence-corrected chi connectivity index (χ0v) is 15.6. The molecule has 1 aromatic rings. The quantitative estimate of drug-likeness (QED) is 0.824. The van der Waals surface area contributed by atoms with Crippen LogP contribution in [0.3, 0.4) is 0 Å². The van der Waals surface area contributed by atoms with Gasteiger partial charge >= 0.3 is 0 Å². The Morgan fingerprint density at radius 1 is 1.16 bits per heavy atom. The fraction of sp³-hybridized carbons (Fsp3) is 0.650. The number of amides is 1. The van der Waals surface area contributed by atoms with E-state index in [1.165, 1.54) is 5.56 Å². The lowest BCUT2D eigenvalue weighted by Crippen LogP contribution is -2.52. The van der Waals surface area contributed by atoms with Crippen molar-refractivity contribution in [3.8, 4) is 0 Å². The highest BCUT2D eigenvalue weighted by atomic mass is 16.2. The van der Waals surface area contributed by atoms with Crippen LogP contribution in [0.2, 0.25) is 0 Å². The average molecular weight is 343 g/mol. The minimum absolute atomic E-state index is 0.0370. The maximum atomic E-state index is 12.6. The summed E-state index contributed by atoms with van der Waals surface area (Å²) >= 11 is 0. The summed E-state index contributed by atoms with van der Waals surface area (Å²) in [6, 6.07) is 4.09. The lowest BCUT2D eigenvalue weighted by Gasteiger charge is -2.51. The number of hydrogen-bond donors (Lipinski definition) is 0. The van der Waals surface area contributed by atoms with Gasteiger partial charge in [0.1, 0.15) is 5.78 Å². The van der Waals surface area contributed by atoms with Crippen molar-refractivity contribution in [2.75, 3.05) is 26.2 Å². The van der Waals surface area contributed by atoms with Crippen molar-refractivity contribution in [2.24, 2.45) is 17.3 Å². The molecule has 0 aromatic carbocycles. The number of rotatable bonds is 5. The molecule has 2 heterocycles. The Kier molecular flexibility index (Phi) is 5.23. The van der Waals surface area contributed by atoms with E-state index >= 15 is 0 Å². The van der Waals surface area contributed by atoms with Gasteiger partial charge in [0.2, 0.25) is 5.91 Å². The van der Waals surface area contributed by atoms with Gasteiger partial charge in [-0.05, 0) is 42.4 Å². The molecule has 1 saturated carbocycles. The molecule has 1 amide bonds. The summed E-state index contributed by atoms with van der Waals surface area (Å²) in [5.74, 6) is 0.980. The third-order valence-corrected chi connectivity index (χ3v) is 6.26. The van der Waals surface area contributed by atoms with E-state index in [1.807, 2.05) is 29.4 Å². The van der Waals surface area contributed by atoms with E-state index < -0.39 is 0 Å². The number of ketones is 1. The van der Waals surface area contributed by atoms with Crippen molar-refractivity contribution < 1.29 is 9.59 Å². The highest BCUT2D eigenvalue weighted by Gasteiger charge is 2.50. The Labute approximate surface area is 150 Å². The molecule has 0 bridgehead atoms. The molecule has 2 fully saturated rings. The monoisotopic (exact) mass is 343 g/mol. The van der Waals surface area contributed by atoms with Gasteiger partial charge in [-0.25, -0.2) is 0 Å². The molecule has 0 radical (unpaired) electrons. The van der Waals surface area contributed by atoms with Crippen LogP contribution in [-0.2, 0) is 16.1 Å². The molecule has 25 heavy (non-hydrogen) atoms. The van der Waals surface area contributed by atoms with Crippen LogP contribution in [0.5, 0.6) is 0 Å². The Morgan fingerprint density at radius 2 is 1.80 bits per heavy atom. The largest absolute Gasteiger partial charge is 0.340 e. The molecular formula is C20H29N3O2. The van der Waals surface area contributed by atoms with E-state index in [0.717, 1.165) is 39.1 Å². The van der Waals surface area contributed by atoms with Crippen LogP contribution in [-0.4, -0.2) is 52.7 Å². The Bertz CT molecular complexity index is 621. The second kappa shape index (κ2) is 7.24. The van der Waals surface area contributed by atoms with Crippen LogP contribution in [0.4, 0.5) is 0 Å². The van der Waals surface area contributed by atoms with Crippen molar-refractivity contribution in [3.63, 3.8) is 0 Å². The number of carbonyl (C=O) groups is 2. The first-order valence-corrected chi connectivity index (χ1v) is 9.27. The Balaban J connectivity index is 1.45. The Morgan fingerprint density at radius 3 is 2.36 bits per heavy atom. The predicted octanol–water partition coefficient (Wildman–Crippen LogP) is 2.37. The molecule has 5 heteroatoms. The molecule has 2 aliphatic rings. The maximum Gasteiger partial charge on any atom is 0.222 e. The molecule has 1 aromatic heterocycles. The summed E-state index contributed by atoms with van der Waals surface area (Å²) in [5.41, 5.74) is 1.23. The van der Waals surface area contributed by atoms with E-state index in [1.54, 1.807) is 6.92 Å². The minimum atomic E-state index is -0.0370. The molecule has 3 rings (SSSR count). The summed E-state index contributed by atoms with van der Waals surface area (Å²) in [6.45, 7) is 10.3. The Hall–Kier alpha value is -1.75. The van der Waals surface area contributed by atoms with Crippen molar-refractivity contribution in [3.05, 3.63) is 30.1 Å². The van der Waals surface area contributed by atoms with Crippen LogP contribution in [0.15, 0.2) is 24.5 Å². The lowest BCUT2D eigenvalue weighted by atomic mass is 9.52. The van der Waals surface area contributed by atoms with Gasteiger partial charge < -0.3 is 4.90 Å². The smallest absolute Gasteiger partial charge is 0.222 e. The van der Waals surface area contributed by atoms with Gasteiger partial charge in [0.15, 0.2) is 0 Å². The van der Waals surface area contributed by atoms with E-state index in [4.69, 9.17) is 0 Å². The van der Waals surface area contributed by atoms with Crippen molar-refractivity contribution in [1.29, 1.82) is 0 Å². The molecule has 2 atom stereocenters. The normalized spacial score (nSPS) is 26.1. The number of pyridine rings is 1. The van der Waals surface area contributed by atoms with Gasteiger partial charge in [-0.2, -0.15) is 0 Å². The van der Waals surface area contributed by atoms with Gasteiger partial charge in [-0.15, -0.1) is 0 Å².